The Morgan fingerprint density at radius 3 is 2.39 bits per heavy atom. The highest BCUT2D eigenvalue weighted by atomic mass is 15.2. The van der Waals surface area contributed by atoms with E-state index in [1.54, 1.807) is 4.57 Å². The van der Waals surface area contributed by atoms with Gasteiger partial charge in [0, 0.05) is 5.56 Å². The SMILES string of the molecule is N=C(N)n1c(-c2ccccc2)nc2ccccc21. The number of fused-ring (bicyclic) bond motifs is 1. The molecule has 0 radical (unpaired) electrons. The van der Waals surface area contributed by atoms with Crippen LogP contribution in [-0.4, -0.2) is 15.5 Å². The number of benzene rings is 2. The minimum atomic E-state index is -0.0254. The summed E-state index contributed by atoms with van der Waals surface area (Å²) in [5.74, 6) is 0.673. The monoisotopic (exact) mass is 236 g/mol. The number of hydrogen-bond donors (Lipinski definition) is 2. The zero-order valence-corrected chi connectivity index (χ0v) is 9.67. The maximum atomic E-state index is 7.72. The molecule has 0 atom stereocenters. The van der Waals surface area contributed by atoms with Crippen molar-refractivity contribution in [2.75, 3.05) is 0 Å². The van der Waals surface area contributed by atoms with Gasteiger partial charge in [0.15, 0.2) is 5.96 Å². The predicted molar refractivity (Wildman–Crippen MR) is 72.5 cm³/mol. The Labute approximate surface area is 104 Å². The summed E-state index contributed by atoms with van der Waals surface area (Å²) in [6.45, 7) is 0. The molecule has 4 heteroatoms. The lowest BCUT2D eigenvalue weighted by Gasteiger charge is -2.06. The van der Waals surface area contributed by atoms with Crippen molar-refractivity contribution in [2.24, 2.45) is 5.73 Å². The van der Waals surface area contributed by atoms with Crippen LogP contribution in [0.25, 0.3) is 22.4 Å². The first-order chi connectivity index (χ1) is 8.77. The molecule has 88 valence electrons. The number of hydrogen-bond acceptors (Lipinski definition) is 2. The van der Waals surface area contributed by atoms with Crippen molar-refractivity contribution in [2.45, 2.75) is 0 Å². The highest BCUT2D eigenvalue weighted by Crippen LogP contribution is 2.23. The van der Waals surface area contributed by atoms with Crippen LogP contribution in [0.5, 0.6) is 0 Å². The summed E-state index contributed by atoms with van der Waals surface area (Å²) >= 11 is 0. The average molecular weight is 236 g/mol. The molecule has 2 aromatic carbocycles. The first-order valence-electron chi connectivity index (χ1n) is 5.64. The van der Waals surface area contributed by atoms with Gasteiger partial charge in [0.1, 0.15) is 5.82 Å². The maximum Gasteiger partial charge on any atom is 0.198 e. The normalized spacial score (nSPS) is 10.7. The van der Waals surface area contributed by atoms with E-state index in [9.17, 15) is 0 Å². The van der Waals surface area contributed by atoms with Gasteiger partial charge in [-0.15, -0.1) is 0 Å². The van der Waals surface area contributed by atoms with Gasteiger partial charge in [-0.25, -0.2) is 4.98 Å². The zero-order valence-electron chi connectivity index (χ0n) is 9.67. The molecule has 0 bridgehead atoms. The van der Waals surface area contributed by atoms with Crippen LogP contribution in [0.4, 0.5) is 0 Å². The summed E-state index contributed by atoms with van der Waals surface area (Å²) in [6, 6.07) is 17.4. The van der Waals surface area contributed by atoms with Crippen LogP contribution in [0, 0.1) is 5.41 Å². The third kappa shape index (κ3) is 1.55. The first kappa shape index (κ1) is 10.5. The van der Waals surface area contributed by atoms with Gasteiger partial charge in [-0.05, 0) is 12.1 Å². The second-order valence-electron chi connectivity index (χ2n) is 4.01. The highest BCUT2D eigenvalue weighted by Gasteiger charge is 2.13. The van der Waals surface area contributed by atoms with Crippen molar-refractivity contribution in [1.29, 1.82) is 5.41 Å². The quantitative estimate of drug-likeness (QED) is 0.503. The fraction of sp³-hybridized carbons (Fsp3) is 0. The summed E-state index contributed by atoms with van der Waals surface area (Å²) in [6.07, 6.45) is 0. The van der Waals surface area contributed by atoms with Crippen molar-refractivity contribution >= 4 is 17.0 Å². The van der Waals surface area contributed by atoms with Crippen LogP contribution in [0.3, 0.4) is 0 Å². The lowest BCUT2D eigenvalue weighted by molar-refractivity contribution is 1.12. The fourth-order valence-corrected chi connectivity index (χ4v) is 2.05. The predicted octanol–water partition coefficient (Wildman–Crippen LogP) is 2.44. The van der Waals surface area contributed by atoms with E-state index in [4.69, 9.17) is 11.1 Å². The van der Waals surface area contributed by atoms with Gasteiger partial charge in [-0.3, -0.25) is 9.98 Å². The molecule has 0 saturated carbocycles. The fourth-order valence-electron chi connectivity index (χ4n) is 2.05. The molecule has 0 fully saturated rings. The van der Waals surface area contributed by atoms with Crippen molar-refractivity contribution in [3.8, 4) is 11.4 Å². The van der Waals surface area contributed by atoms with E-state index in [0.717, 1.165) is 16.6 Å². The van der Waals surface area contributed by atoms with E-state index in [2.05, 4.69) is 4.98 Å². The smallest absolute Gasteiger partial charge is 0.198 e. The van der Waals surface area contributed by atoms with Gasteiger partial charge in [0.05, 0.1) is 11.0 Å². The van der Waals surface area contributed by atoms with E-state index in [0.29, 0.717) is 5.82 Å². The molecule has 0 aliphatic carbocycles. The summed E-state index contributed by atoms with van der Waals surface area (Å²) in [7, 11) is 0. The molecule has 0 aliphatic rings. The molecule has 4 nitrogen and oxygen atoms in total. The molecule has 0 aliphatic heterocycles. The number of nitrogens with zero attached hydrogens (tertiary/aromatic N) is 2. The van der Waals surface area contributed by atoms with E-state index < -0.39 is 0 Å². The van der Waals surface area contributed by atoms with Gasteiger partial charge in [0.2, 0.25) is 0 Å². The highest BCUT2D eigenvalue weighted by molar-refractivity contribution is 5.94. The summed E-state index contributed by atoms with van der Waals surface area (Å²) in [5, 5.41) is 7.72. The molecule has 1 aromatic heterocycles. The second-order valence-corrected chi connectivity index (χ2v) is 4.01. The number of nitrogens with one attached hydrogen (secondary N) is 1. The van der Waals surface area contributed by atoms with Crippen LogP contribution in [0.1, 0.15) is 0 Å². The summed E-state index contributed by atoms with van der Waals surface area (Å²) < 4.78 is 1.66. The molecule has 1 heterocycles. The lowest BCUT2D eigenvalue weighted by Crippen LogP contribution is -2.21. The average Bonchev–Trinajstić information content (AvgIpc) is 2.79. The molecular weight excluding hydrogens is 224 g/mol. The lowest BCUT2D eigenvalue weighted by atomic mass is 10.2. The number of para-hydroxylation sites is 2. The number of aromatic nitrogens is 2. The van der Waals surface area contributed by atoms with Crippen LogP contribution in [0.15, 0.2) is 54.6 Å². The molecule has 0 amide bonds. The topological polar surface area (TPSA) is 67.7 Å². The van der Waals surface area contributed by atoms with Gasteiger partial charge in [0.25, 0.3) is 0 Å². The molecule has 18 heavy (non-hydrogen) atoms. The molecular formula is C14H12N4. The molecule has 0 saturated heterocycles. The molecule has 3 N–H and O–H groups in total. The van der Waals surface area contributed by atoms with Crippen LogP contribution >= 0.6 is 0 Å². The van der Waals surface area contributed by atoms with E-state index in [-0.39, 0.29) is 5.96 Å². The molecule has 3 aromatic rings. The van der Waals surface area contributed by atoms with Crippen LogP contribution < -0.4 is 5.73 Å². The van der Waals surface area contributed by atoms with E-state index in [1.807, 2.05) is 54.6 Å². The van der Waals surface area contributed by atoms with Crippen LogP contribution in [-0.2, 0) is 0 Å². The Morgan fingerprint density at radius 1 is 1.00 bits per heavy atom. The van der Waals surface area contributed by atoms with Crippen molar-refractivity contribution in [3.05, 3.63) is 54.6 Å². The first-order valence-corrected chi connectivity index (χ1v) is 5.64. The second kappa shape index (κ2) is 4.00. The van der Waals surface area contributed by atoms with Crippen molar-refractivity contribution in [1.82, 2.24) is 9.55 Å². The number of rotatable bonds is 1. The van der Waals surface area contributed by atoms with Gasteiger partial charge in [-0.2, -0.15) is 0 Å². The maximum absolute atomic E-state index is 7.72. The van der Waals surface area contributed by atoms with E-state index >= 15 is 0 Å². The Morgan fingerprint density at radius 2 is 1.67 bits per heavy atom. The third-order valence-electron chi connectivity index (χ3n) is 2.83. The molecule has 3 rings (SSSR count). The van der Waals surface area contributed by atoms with Gasteiger partial charge in [-0.1, -0.05) is 42.5 Å². The largest absolute Gasteiger partial charge is 0.369 e. The Bertz CT molecular complexity index is 713. The Hall–Kier alpha value is -2.62. The Kier molecular flexibility index (Phi) is 2.34. The zero-order chi connectivity index (χ0) is 12.5. The van der Waals surface area contributed by atoms with Gasteiger partial charge < -0.3 is 5.73 Å². The molecule has 0 unspecified atom stereocenters. The standard InChI is InChI=1S/C14H12N4/c15-14(16)18-12-9-5-4-8-11(12)17-13(18)10-6-2-1-3-7-10/h1-9H,(H3,15,16). The Balaban J connectivity index is 2.36. The number of imidazole rings is 1. The number of nitrogens with two attached hydrogens (primary N) is 1. The molecule has 0 spiro atoms. The minimum Gasteiger partial charge on any atom is -0.369 e. The minimum absolute atomic E-state index is 0.0254. The van der Waals surface area contributed by atoms with E-state index in [1.165, 1.54) is 0 Å². The van der Waals surface area contributed by atoms with Crippen LogP contribution in [0.2, 0.25) is 0 Å². The van der Waals surface area contributed by atoms with Gasteiger partial charge >= 0.3 is 0 Å². The van der Waals surface area contributed by atoms with Crippen molar-refractivity contribution < 1.29 is 0 Å². The van der Waals surface area contributed by atoms with Crippen molar-refractivity contribution in [3.63, 3.8) is 0 Å². The summed E-state index contributed by atoms with van der Waals surface area (Å²) in [4.78, 5) is 4.55. The number of nitrogen functional groups attached to an aromatic ring is 1. The third-order valence-corrected chi connectivity index (χ3v) is 2.83. The summed E-state index contributed by atoms with van der Waals surface area (Å²) in [5.41, 5.74) is 8.31.